The number of methoxy groups -OCH3 is 2. The Kier molecular flexibility index (Phi) is 10.3. The Hall–Kier alpha value is -6.25. The maximum absolute atomic E-state index is 13.8. The van der Waals surface area contributed by atoms with Crippen LogP contribution in [0.15, 0.2) is 108 Å². The first kappa shape index (κ1) is 34.6. The zero-order valence-electron chi connectivity index (χ0n) is 27.9. The summed E-state index contributed by atoms with van der Waals surface area (Å²) in [5, 5.41) is 9.86. The molecule has 0 aliphatic carbocycles. The number of hydrogen-bond acceptors (Lipinski definition) is 10. The van der Waals surface area contributed by atoms with Crippen LogP contribution in [0, 0.1) is 18.3 Å². The van der Waals surface area contributed by atoms with Gasteiger partial charge in [0.1, 0.15) is 11.1 Å². The minimum atomic E-state index is -0.874. The molecule has 0 bridgehead atoms. The van der Waals surface area contributed by atoms with Crippen molar-refractivity contribution in [1.29, 1.82) is 5.26 Å². The summed E-state index contributed by atoms with van der Waals surface area (Å²) in [5.41, 5.74) is 4.56. The molecule has 6 rings (SSSR count). The zero-order chi connectivity index (χ0) is 36.1. The molecule has 1 fully saturated rings. The first-order valence-electron chi connectivity index (χ1n) is 15.8. The first-order chi connectivity index (χ1) is 24.7. The Morgan fingerprint density at radius 2 is 1.59 bits per heavy atom. The fourth-order valence-electron chi connectivity index (χ4n) is 5.67. The predicted octanol–water partition coefficient (Wildman–Crippen LogP) is 7.08. The molecule has 0 spiro atoms. The van der Waals surface area contributed by atoms with Crippen molar-refractivity contribution in [1.82, 2.24) is 4.98 Å². The van der Waals surface area contributed by atoms with Crippen LogP contribution in [0.2, 0.25) is 0 Å². The van der Waals surface area contributed by atoms with Gasteiger partial charge in [0.05, 0.1) is 42.0 Å². The number of ether oxygens (including phenoxy) is 3. The molecular weight excluding hydrogens is 667 g/mol. The number of aryl methyl sites for hydroxylation is 1. The van der Waals surface area contributed by atoms with E-state index in [1.165, 1.54) is 38.5 Å². The van der Waals surface area contributed by atoms with Crippen molar-refractivity contribution in [3.8, 4) is 40.0 Å². The molecule has 2 amide bonds. The highest BCUT2D eigenvalue weighted by atomic mass is 32.2. The molecule has 51 heavy (non-hydrogen) atoms. The number of ketones is 1. The summed E-state index contributed by atoms with van der Waals surface area (Å²) in [4.78, 5) is 58.0. The van der Waals surface area contributed by atoms with Crippen molar-refractivity contribution < 1.29 is 33.4 Å². The number of esters is 1. The Balaban J connectivity index is 1.25. The van der Waals surface area contributed by atoms with Crippen LogP contribution in [0.1, 0.15) is 38.3 Å². The molecule has 1 unspecified atom stereocenters. The van der Waals surface area contributed by atoms with E-state index in [2.05, 4.69) is 6.07 Å². The highest BCUT2D eigenvalue weighted by molar-refractivity contribution is 8.00. The fourth-order valence-corrected chi connectivity index (χ4v) is 6.80. The van der Waals surface area contributed by atoms with Crippen LogP contribution in [0.3, 0.4) is 0 Å². The third-order valence-corrected chi connectivity index (χ3v) is 9.46. The van der Waals surface area contributed by atoms with Gasteiger partial charge in [0.15, 0.2) is 23.9 Å². The SMILES string of the molecule is COc1cccc(-c2cc(-c3ccccc3)nc(SC3CC(=O)N(c4ccc(C(=O)OCC(=O)c5ccc(C)cc5)cc4)C3=O)c2C#N)c1OC. The topological polar surface area (TPSA) is 136 Å². The van der Waals surface area contributed by atoms with Crippen molar-refractivity contribution >= 4 is 41.0 Å². The summed E-state index contributed by atoms with van der Waals surface area (Å²) in [6.07, 6.45) is -0.131. The van der Waals surface area contributed by atoms with Crippen LogP contribution in [0.25, 0.3) is 22.4 Å². The largest absolute Gasteiger partial charge is 0.493 e. The van der Waals surface area contributed by atoms with Gasteiger partial charge in [-0.3, -0.25) is 14.4 Å². The smallest absolute Gasteiger partial charge is 0.338 e. The van der Waals surface area contributed by atoms with E-state index in [9.17, 15) is 24.4 Å². The number of nitriles is 1. The molecule has 1 aliphatic rings. The molecule has 1 aliphatic heterocycles. The van der Waals surface area contributed by atoms with Gasteiger partial charge in [0.2, 0.25) is 11.8 Å². The third-order valence-electron chi connectivity index (χ3n) is 8.29. The quantitative estimate of drug-likeness (QED) is 0.0801. The lowest BCUT2D eigenvalue weighted by Gasteiger charge is -2.18. The number of para-hydroxylation sites is 1. The number of amides is 2. The number of aromatic nitrogens is 1. The number of imide groups is 1. The zero-order valence-corrected chi connectivity index (χ0v) is 28.7. The number of pyridine rings is 1. The summed E-state index contributed by atoms with van der Waals surface area (Å²) in [7, 11) is 3.04. The minimum Gasteiger partial charge on any atom is -0.493 e. The Morgan fingerprint density at radius 3 is 2.25 bits per heavy atom. The number of rotatable bonds is 11. The van der Waals surface area contributed by atoms with E-state index in [0.717, 1.165) is 27.8 Å². The number of carbonyl (C=O) groups is 4. The van der Waals surface area contributed by atoms with Crippen molar-refractivity contribution in [2.75, 3.05) is 25.7 Å². The molecule has 0 radical (unpaired) electrons. The molecule has 254 valence electrons. The van der Waals surface area contributed by atoms with Crippen LogP contribution < -0.4 is 14.4 Å². The lowest BCUT2D eigenvalue weighted by molar-refractivity contribution is -0.121. The first-order valence-corrected chi connectivity index (χ1v) is 16.7. The van der Waals surface area contributed by atoms with Crippen LogP contribution >= 0.6 is 11.8 Å². The average Bonchev–Trinajstić information content (AvgIpc) is 3.44. The Labute approximate surface area is 298 Å². The van der Waals surface area contributed by atoms with E-state index in [4.69, 9.17) is 19.2 Å². The van der Waals surface area contributed by atoms with E-state index < -0.39 is 29.6 Å². The van der Waals surface area contributed by atoms with Gasteiger partial charge in [-0.15, -0.1) is 0 Å². The number of hydrogen-bond donors (Lipinski definition) is 0. The minimum absolute atomic E-state index is 0.131. The molecule has 4 aromatic carbocycles. The number of carbonyl (C=O) groups excluding carboxylic acids is 4. The summed E-state index contributed by atoms with van der Waals surface area (Å²) in [6, 6.07) is 31.6. The van der Waals surface area contributed by atoms with Gasteiger partial charge in [0.25, 0.3) is 0 Å². The maximum Gasteiger partial charge on any atom is 0.338 e. The number of nitrogens with zero attached hydrogens (tertiary/aromatic N) is 3. The molecule has 1 saturated heterocycles. The second-order valence-corrected chi connectivity index (χ2v) is 12.7. The lowest BCUT2D eigenvalue weighted by Crippen LogP contribution is -2.31. The molecule has 1 atom stereocenters. The van der Waals surface area contributed by atoms with E-state index in [1.54, 1.807) is 42.5 Å². The van der Waals surface area contributed by atoms with Gasteiger partial charge < -0.3 is 14.2 Å². The number of anilines is 1. The fraction of sp³-hybridized carbons (Fsp3) is 0.150. The lowest BCUT2D eigenvalue weighted by atomic mass is 9.98. The predicted molar refractivity (Wildman–Crippen MR) is 192 cm³/mol. The number of Topliss-reactive ketones (excluding diaryl/α,β-unsaturated/α-hetero) is 1. The number of benzene rings is 4. The highest BCUT2D eigenvalue weighted by Gasteiger charge is 2.41. The molecule has 1 aromatic heterocycles. The van der Waals surface area contributed by atoms with Crippen molar-refractivity contribution in [2.24, 2.45) is 0 Å². The summed E-state index contributed by atoms with van der Waals surface area (Å²) >= 11 is 1.05. The normalized spacial score (nSPS) is 13.8. The summed E-state index contributed by atoms with van der Waals surface area (Å²) < 4.78 is 16.4. The van der Waals surface area contributed by atoms with Crippen molar-refractivity contribution in [2.45, 2.75) is 23.6 Å². The highest BCUT2D eigenvalue weighted by Crippen LogP contribution is 2.44. The standard InChI is InChI=1S/C40H31N3O7S/c1-24-12-14-26(15-13-24)33(44)23-50-40(47)27-16-18-28(19-17-27)43-36(45)21-35(39(43)46)51-38-31(22-41)30(20-32(42-38)25-8-5-4-6-9-25)29-10-7-11-34(48-2)37(29)49-3/h4-20,35H,21,23H2,1-3H3. The second-order valence-electron chi connectivity index (χ2n) is 11.5. The Morgan fingerprint density at radius 1 is 0.882 bits per heavy atom. The number of thioether (sulfide) groups is 1. The molecule has 0 saturated carbocycles. The van der Waals surface area contributed by atoms with Crippen LogP contribution in [-0.4, -0.2) is 54.6 Å². The van der Waals surface area contributed by atoms with Crippen molar-refractivity contribution in [3.63, 3.8) is 0 Å². The van der Waals surface area contributed by atoms with Crippen LogP contribution in [-0.2, 0) is 14.3 Å². The third kappa shape index (κ3) is 7.22. The van der Waals surface area contributed by atoms with Gasteiger partial charge in [0, 0.05) is 28.7 Å². The van der Waals surface area contributed by atoms with Gasteiger partial charge in [-0.2, -0.15) is 5.26 Å². The monoisotopic (exact) mass is 697 g/mol. The average molecular weight is 698 g/mol. The molecule has 5 aromatic rings. The van der Waals surface area contributed by atoms with E-state index in [-0.39, 0.29) is 34.0 Å². The summed E-state index contributed by atoms with van der Waals surface area (Å²) in [6.45, 7) is 1.48. The molecule has 0 N–H and O–H groups in total. The van der Waals surface area contributed by atoms with Crippen LogP contribution in [0.4, 0.5) is 5.69 Å². The molecule has 11 heteroatoms. The molecule has 2 heterocycles. The molecular formula is C40H31N3O7S. The van der Waals surface area contributed by atoms with Crippen molar-refractivity contribution in [3.05, 3.63) is 125 Å². The van der Waals surface area contributed by atoms with E-state index >= 15 is 0 Å². The Bertz CT molecular complexity index is 2180. The van der Waals surface area contributed by atoms with Gasteiger partial charge in [-0.1, -0.05) is 84.1 Å². The van der Waals surface area contributed by atoms with E-state index in [0.29, 0.717) is 33.9 Å². The second kappa shape index (κ2) is 15.1. The van der Waals surface area contributed by atoms with Gasteiger partial charge in [-0.05, 0) is 43.3 Å². The summed E-state index contributed by atoms with van der Waals surface area (Å²) in [5.74, 6) is -1.07. The van der Waals surface area contributed by atoms with Crippen LogP contribution in [0.5, 0.6) is 11.5 Å². The van der Waals surface area contributed by atoms with Gasteiger partial charge in [-0.25, -0.2) is 14.7 Å². The molecule has 10 nitrogen and oxygen atoms in total. The van der Waals surface area contributed by atoms with E-state index in [1.807, 2.05) is 43.3 Å². The van der Waals surface area contributed by atoms with Gasteiger partial charge >= 0.3 is 5.97 Å². The maximum atomic E-state index is 13.8.